The number of rotatable bonds is 3. The summed E-state index contributed by atoms with van der Waals surface area (Å²) in [7, 11) is 1.35. The highest BCUT2D eigenvalue weighted by Crippen LogP contribution is 2.33. The number of fused-ring (bicyclic) bond motifs is 1. The fraction of sp³-hybridized carbons (Fsp3) is 0.286. The molecule has 0 aromatic carbocycles. The van der Waals surface area contributed by atoms with Gasteiger partial charge in [-0.05, 0) is 12.0 Å². The van der Waals surface area contributed by atoms with Gasteiger partial charge in [-0.3, -0.25) is 10.2 Å². The molecule has 7 nitrogen and oxygen atoms in total. The van der Waals surface area contributed by atoms with E-state index in [-0.39, 0.29) is 5.92 Å². The van der Waals surface area contributed by atoms with Crippen molar-refractivity contribution in [2.45, 2.75) is 19.8 Å². The molecule has 0 spiro atoms. The lowest BCUT2D eigenvalue weighted by molar-refractivity contribution is 0.0592. The molecular formula is C14H15N5O2. The second kappa shape index (κ2) is 5.01. The van der Waals surface area contributed by atoms with E-state index in [0.29, 0.717) is 11.3 Å². The first-order chi connectivity index (χ1) is 10.1. The summed E-state index contributed by atoms with van der Waals surface area (Å²) in [6, 6.07) is 1.86. The number of hydrogen-bond donors (Lipinski definition) is 2. The minimum absolute atomic E-state index is 0.114. The molecule has 21 heavy (non-hydrogen) atoms. The van der Waals surface area contributed by atoms with E-state index in [2.05, 4.69) is 25.4 Å². The number of nitrogens with one attached hydrogen (secondary N) is 2. The Morgan fingerprint density at radius 2 is 2.14 bits per heavy atom. The van der Waals surface area contributed by atoms with Gasteiger partial charge in [-0.25, -0.2) is 9.78 Å². The third kappa shape index (κ3) is 2.06. The largest absolute Gasteiger partial charge is 0.464 e. The Balaban J connectivity index is 2.25. The van der Waals surface area contributed by atoms with Crippen LogP contribution in [0.15, 0.2) is 18.5 Å². The van der Waals surface area contributed by atoms with Crippen molar-refractivity contribution in [1.82, 2.24) is 25.4 Å². The Kier molecular flexibility index (Phi) is 3.17. The summed E-state index contributed by atoms with van der Waals surface area (Å²) in [6.07, 6.45) is 3.39. The highest BCUT2D eigenvalue weighted by molar-refractivity contribution is 5.96. The molecule has 3 aromatic heterocycles. The molecule has 3 heterocycles. The van der Waals surface area contributed by atoms with Gasteiger partial charge in [0.15, 0.2) is 5.65 Å². The molecule has 2 N–H and O–H groups in total. The third-order valence-corrected chi connectivity index (χ3v) is 3.38. The van der Waals surface area contributed by atoms with Crippen molar-refractivity contribution in [3.63, 3.8) is 0 Å². The van der Waals surface area contributed by atoms with Crippen LogP contribution in [0.25, 0.3) is 22.3 Å². The highest BCUT2D eigenvalue weighted by Gasteiger charge is 2.24. The predicted octanol–water partition coefficient (Wildman–Crippen LogP) is 2.26. The van der Waals surface area contributed by atoms with Crippen LogP contribution in [0, 0.1) is 0 Å². The number of aromatic amines is 2. The number of methoxy groups -OCH3 is 1. The Morgan fingerprint density at radius 1 is 1.33 bits per heavy atom. The average molecular weight is 285 g/mol. The number of H-pyrrole nitrogens is 2. The first-order valence-corrected chi connectivity index (χ1v) is 6.58. The number of aromatic nitrogens is 5. The van der Waals surface area contributed by atoms with Crippen LogP contribution in [0.5, 0.6) is 0 Å². The Bertz CT molecular complexity index is 803. The maximum atomic E-state index is 11.9. The van der Waals surface area contributed by atoms with Crippen molar-refractivity contribution in [3.05, 3.63) is 29.7 Å². The van der Waals surface area contributed by atoms with Crippen LogP contribution in [0.2, 0.25) is 0 Å². The lowest BCUT2D eigenvalue weighted by Crippen LogP contribution is -2.06. The molecule has 0 atom stereocenters. The van der Waals surface area contributed by atoms with Crippen molar-refractivity contribution in [3.8, 4) is 11.3 Å². The van der Waals surface area contributed by atoms with Gasteiger partial charge < -0.3 is 4.74 Å². The van der Waals surface area contributed by atoms with Crippen LogP contribution in [0.4, 0.5) is 0 Å². The van der Waals surface area contributed by atoms with Crippen LogP contribution in [-0.4, -0.2) is 38.5 Å². The maximum Gasteiger partial charge on any atom is 0.356 e. The fourth-order valence-electron chi connectivity index (χ4n) is 2.43. The molecule has 108 valence electrons. The van der Waals surface area contributed by atoms with Crippen LogP contribution >= 0.6 is 0 Å². The van der Waals surface area contributed by atoms with E-state index in [0.717, 1.165) is 22.2 Å². The van der Waals surface area contributed by atoms with Gasteiger partial charge in [0, 0.05) is 22.7 Å². The summed E-state index contributed by atoms with van der Waals surface area (Å²) >= 11 is 0. The molecule has 0 aliphatic rings. The van der Waals surface area contributed by atoms with E-state index in [1.807, 2.05) is 19.9 Å². The number of carbonyl (C=O) groups is 1. The Labute approximate surface area is 120 Å². The summed E-state index contributed by atoms with van der Waals surface area (Å²) in [5.41, 5.74) is 3.50. The average Bonchev–Trinajstić information content (AvgIpc) is 3.12. The van der Waals surface area contributed by atoms with Crippen LogP contribution < -0.4 is 0 Å². The maximum absolute atomic E-state index is 11.9. The van der Waals surface area contributed by atoms with E-state index >= 15 is 0 Å². The minimum Gasteiger partial charge on any atom is -0.464 e. The van der Waals surface area contributed by atoms with Crippen molar-refractivity contribution in [2.75, 3.05) is 7.11 Å². The van der Waals surface area contributed by atoms with Gasteiger partial charge in [0.05, 0.1) is 19.0 Å². The summed E-state index contributed by atoms with van der Waals surface area (Å²) < 4.78 is 4.81. The molecule has 7 heteroatoms. The number of nitrogens with zero attached hydrogens (tertiary/aromatic N) is 3. The molecule has 0 amide bonds. The number of esters is 1. The molecule has 0 saturated heterocycles. The van der Waals surface area contributed by atoms with E-state index in [1.165, 1.54) is 7.11 Å². The molecule has 0 aliphatic carbocycles. The van der Waals surface area contributed by atoms with Crippen molar-refractivity contribution >= 4 is 17.0 Å². The summed E-state index contributed by atoms with van der Waals surface area (Å²) in [5, 5.41) is 14.8. The summed E-state index contributed by atoms with van der Waals surface area (Å²) in [5.74, 6) is -0.307. The number of pyridine rings is 1. The van der Waals surface area contributed by atoms with Crippen molar-refractivity contribution in [2.24, 2.45) is 0 Å². The minimum atomic E-state index is -0.421. The number of carbonyl (C=O) groups excluding carboxylic acids is 1. The smallest absolute Gasteiger partial charge is 0.356 e. The normalized spacial score (nSPS) is 11.2. The van der Waals surface area contributed by atoms with Crippen LogP contribution in [-0.2, 0) is 4.74 Å². The highest BCUT2D eigenvalue weighted by atomic mass is 16.5. The monoisotopic (exact) mass is 285 g/mol. The summed E-state index contributed by atoms with van der Waals surface area (Å²) in [4.78, 5) is 16.1. The van der Waals surface area contributed by atoms with E-state index < -0.39 is 5.97 Å². The molecule has 0 fully saturated rings. The quantitative estimate of drug-likeness (QED) is 0.719. The van der Waals surface area contributed by atoms with Crippen LogP contribution in [0.1, 0.15) is 35.8 Å². The molecule has 3 aromatic rings. The Hall–Kier alpha value is -2.70. The standard InChI is InChI=1S/C14H15N5O2/c1-7(2)10-11(17-18-12(10)14(20)21-3)8-4-5-15-13-9(8)6-16-19-13/h4-7H,1-3H3,(H,17,18)(H,15,16,19). The van der Waals surface area contributed by atoms with Gasteiger partial charge in [0.25, 0.3) is 0 Å². The number of hydrogen-bond acceptors (Lipinski definition) is 5. The molecule has 3 rings (SSSR count). The van der Waals surface area contributed by atoms with Crippen molar-refractivity contribution in [1.29, 1.82) is 0 Å². The molecule has 0 aliphatic heterocycles. The first kappa shape index (κ1) is 13.3. The van der Waals surface area contributed by atoms with Gasteiger partial charge >= 0.3 is 5.97 Å². The van der Waals surface area contributed by atoms with Crippen LogP contribution in [0.3, 0.4) is 0 Å². The zero-order valence-corrected chi connectivity index (χ0v) is 12.0. The van der Waals surface area contributed by atoms with Gasteiger partial charge in [-0.1, -0.05) is 13.8 Å². The second-order valence-corrected chi connectivity index (χ2v) is 5.00. The van der Waals surface area contributed by atoms with E-state index in [1.54, 1.807) is 12.4 Å². The molecule has 0 saturated carbocycles. The Morgan fingerprint density at radius 3 is 2.86 bits per heavy atom. The van der Waals surface area contributed by atoms with Gasteiger partial charge in [0.1, 0.15) is 5.69 Å². The van der Waals surface area contributed by atoms with Gasteiger partial charge in [0.2, 0.25) is 0 Å². The second-order valence-electron chi connectivity index (χ2n) is 5.00. The zero-order valence-electron chi connectivity index (χ0n) is 12.0. The SMILES string of the molecule is COC(=O)c1[nH]nc(-c2ccnc3[nH]ncc23)c1C(C)C. The molecule has 0 radical (unpaired) electrons. The lowest BCUT2D eigenvalue weighted by Gasteiger charge is -2.08. The van der Waals surface area contributed by atoms with E-state index in [9.17, 15) is 4.79 Å². The van der Waals surface area contributed by atoms with Gasteiger partial charge in [-0.15, -0.1) is 0 Å². The molecule has 0 unspecified atom stereocenters. The summed E-state index contributed by atoms with van der Waals surface area (Å²) in [6.45, 7) is 4.02. The van der Waals surface area contributed by atoms with E-state index in [4.69, 9.17) is 4.74 Å². The van der Waals surface area contributed by atoms with Crippen molar-refractivity contribution < 1.29 is 9.53 Å². The fourth-order valence-corrected chi connectivity index (χ4v) is 2.43. The topological polar surface area (TPSA) is 96.5 Å². The molecular weight excluding hydrogens is 270 g/mol. The zero-order chi connectivity index (χ0) is 15.0. The third-order valence-electron chi connectivity index (χ3n) is 3.38. The molecule has 0 bridgehead atoms. The number of ether oxygens (including phenoxy) is 1. The first-order valence-electron chi connectivity index (χ1n) is 6.58. The predicted molar refractivity (Wildman–Crippen MR) is 76.9 cm³/mol. The van der Waals surface area contributed by atoms with Gasteiger partial charge in [-0.2, -0.15) is 10.2 Å². The lowest BCUT2D eigenvalue weighted by atomic mass is 9.96.